The maximum absolute atomic E-state index is 15.9. The quantitative estimate of drug-likeness (QED) is 0.0646. The minimum absolute atomic E-state index is 0.0141. The fourth-order valence-electron chi connectivity index (χ4n) is 10.5. The van der Waals surface area contributed by atoms with Gasteiger partial charge in [-0.25, -0.2) is 59.9 Å². The van der Waals surface area contributed by atoms with Crippen LogP contribution in [-0.2, 0) is 9.59 Å². The summed E-state index contributed by atoms with van der Waals surface area (Å²) in [5, 5.41) is 14.4. The molecule has 12 rings (SSSR count). The fraction of sp³-hybridized carbons (Fsp3) is 0.214. The summed E-state index contributed by atoms with van der Waals surface area (Å²) >= 11 is 0. The topological polar surface area (TPSA) is 153 Å². The number of halogens is 8. The Morgan fingerprint density at radius 3 is 1.68 bits per heavy atom. The maximum atomic E-state index is 15.9. The molecule has 4 aliphatic rings. The summed E-state index contributed by atoms with van der Waals surface area (Å²) in [6, 6.07) is 16.8. The van der Waals surface area contributed by atoms with Gasteiger partial charge in [-0.2, -0.15) is 9.73 Å². The maximum Gasteiger partial charge on any atom is 0.328 e. The van der Waals surface area contributed by atoms with E-state index < -0.39 is 57.7 Å². The molecule has 0 aliphatic carbocycles. The first-order chi connectivity index (χ1) is 38.9. The van der Waals surface area contributed by atoms with E-state index >= 15 is 8.78 Å². The number of carbonyl (C=O) groups is 2. The number of fused-ring (bicyclic) bond motifs is 6. The number of carboxylic acid groups (broad SMARTS) is 1. The molecular formula is C56H43F8N10O3P. The van der Waals surface area contributed by atoms with Crippen LogP contribution in [0.2, 0.25) is 0 Å². The second-order valence-corrected chi connectivity index (χ2v) is 18.1. The van der Waals surface area contributed by atoms with Crippen molar-refractivity contribution in [3.05, 3.63) is 144 Å². The summed E-state index contributed by atoms with van der Waals surface area (Å²) in [4.78, 5) is 53.5. The number of allylic oxidation sites excluding steroid dienone is 2. The number of likely N-dealkylation sites (tertiary alicyclic amines) is 1. The Hall–Kier alpha value is -8.65. The average molecular weight is 1090 g/mol. The molecule has 8 heterocycles. The predicted octanol–water partition coefficient (Wildman–Crippen LogP) is 9.32. The van der Waals surface area contributed by atoms with Crippen molar-refractivity contribution in [2.24, 2.45) is 0 Å². The van der Waals surface area contributed by atoms with Gasteiger partial charge in [-0.05, 0) is 54.4 Å². The van der Waals surface area contributed by atoms with E-state index in [-0.39, 0.29) is 45.6 Å². The van der Waals surface area contributed by atoms with E-state index in [4.69, 9.17) is 21.8 Å². The summed E-state index contributed by atoms with van der Waals surface area (Å²) in [5.41, 5.74) is 1.23. The third-order valence-corrected chi connectivity index (χ3v) is 14.0. The molecule has 22 heteroatoms. The number of carboxylic acids is 1. The lowest BCUT2D eigenvalue weighted by Crippen LogP contribution is -2.63. The van der Waals surface area contributed by atoms with Gasteiger partial charge in [-0.15, -0.1) is 12.8 Å². The molecule has 4 atom stereocenters. The van der Waals surface area contributed by atoms with Crippen LogP contribution in [0.1, 0.15) is 24.0 Å². The molecule has 0 radical (unpaired) electrons. The third kappa shape index (κ3) is 9.98. The smallest absolute Gasteiger partial charge is 0.328 e. The van der Waals surface area contributed by atoms with Gasteiger partial charge in [-0.1, -0.05) is 60.4 Å². The molecule has 4 saturated heterocycles. The van der Waals surface area contributed by atoms with Crippen LogP contribution in [0.4, 0.5) is 46.8 Å². The van der Waals surface area contributed by atoms with Gasteiger partial charge in [0.25, 0.3) is 12.9 Å². The van der Waals surface area contributed by atoms with Crippen LogP contribution in [-0.4, -0.2) is 119 Å². The van der Waals surface area contributed by atoms with Gasteiger partial charge >= 0.3 is 5.97 Å². The molecule has 2 N–H and O–H groups in total. The van der Waals surface area contributed by atoms with Crippen LogP contribution < -0.4 is 15.1 Å². The van der Waals surface area contributed by atoms with E-state index in [1.54, 1.807) is 53.6 Å². The number of aliphatic carboxylic acids is 1. The van der Waals surface area contributed by atoms with Crippen molar-refractivity contribution in [1.29, 1.82) is 3.84 Å². The predicted molar refractivity (Wildman–Crippen MR) is 284 cm³/mol. The zero-order valence-corrected chi connectivity index (χ0v) is 41.4. The molecular weight excluding hydrogens is 1040 g/mol. The Balaban J connectivity index is 0.000000165. The number of carbonyl (C=O) groups excluding carboxylic acids is 1. The summed E-state index contributed by atoms with van der Waals surface area (Å²) in [5.74, 6) is 1.75. The highest BCUT2D eigenvalue weighted by molar-refractivity contribution is 6.92. The lowest BCUT2D eigenvalue weighted by Gasteiger charge is -2.47. The molecule has 13 nitrogen and oxygen atoms in total. The Morgan fingerprint density at radius 2 is 1.21 bits per heavy atom. The van der Waals surface area contributed by atoms with Crippen LogP contribution in [0.5, 0.6) is 0 Å². The van der Waals surface area contributed by atoms with Gasteiger partial charge in [0.1, 0.15) is 58.3 Å². The number of hydrogen-bond donors (Lipinski definition) is 2. The van der Waals surface area contributed by atoms with Crippen molar-refractivity contribution in [3.8, 4) is 47.2 Å². The van der Waals surface area contributed by atoms with Crippen LogP contribution in [0.3, 0.4) is 0 Å². The number of aromatic nitrogens is 6. The van der Waals surface area contributed by atoms with Crippen LogP contribution in [0, 0.1) is 48.0 Å². The highest BCUT2D eigenvalue weighted by Gasteiger charge is 2.49. The minimum Gasteiger partial charge on any atom is -0.478 e. The molecule has 0 bridgehead atoms. The Bertz CT molecular complexity index is 3910. The number of amides is 1. The van der Waals surface area contributed by atoms with Gasteiger partial charge in [-0.3, -0.25) is 14.8 Å². The highest BCUT2D eigenvalue weighted by atomic mass is 31.0. The standard InChI is InChI=1S/C28H19F4N5O.C24H17F2N5.C4H4F2O2.H3P/c1-2-16-19(29)7-6-15-4-3-5-17(24(15)16)26-25(32)27-18(12-33-26)28(35-14-34-27)37-13-21-20(37)10-11-36(21)23(38)9-8-22(30)31;1-2-14-17(25)7-6-13-4-3-5-15(20(13)14)22-21(26)23-16(10-28-22)24(30-12-29-23)31-11-18-19(31)8-9-27-18;5-3(6)1-2-4(7)8;/h1,3-9,12,14,20-22H,10-11,13H2;1,3-7,10,12,18-19,27H,8-9,11H2;1-3H,(H,7,8);1H3/b9-8+;;2-1+;/t20-,21-;18-,19-;;/m11../s1/i;;;1T3. The van der Waals surface area contributed by atoms with Gasteiger partial charge in [0.15, 0.2) is 11.6 Å². The zero-order chi connectivity index (χ0) is 57.8. The van der Waals surface area contributed by atoms with E-state index in [1.807, 2.05) is 11.0 Å². The van der Waals surface area contributed by atoms with E-state index in [0.29, 0.717) is 99.5 Å². The number of nitrogens with zero attached hydrogens (tertiary/aromatic N) is 9. The number of benzene rings is 4. The summed E-state index contributed by atoms with van der Waals surface area (Å²) in [7, 11) is -1.87. The van der Waals surface area contributed by atoms with Crippen molar-refractivity contribution in [3.63, 3.8) is 0 Å². The number of nitrogens with one attached hydrogen (secondary N) is 1. The van der Waals surface area contributed by atoms with Gasteiger partial charge in [0, 0.05) is 78.2 Å². The molecule has 0 spiro atoms. The Labute approximate surface area is 446 Å². The molecule has 4 aliphatic heterocycles. The number of hydrogen-bond acceptors (Lipinski definition) is 11. The third-order valence-electron chi connectivity index (χ3n) is 14.0. The van der Waals surface area contributed by atoms with Crippen LogP contribution in [0.25, 0.3) is 65.9 Å². The molecule has 396 valence electrons. The monoisotopic (exact) mass is 1090 g/mol. The highest BCUT2D eigenvalue weighted by Crippen LogP contribution is 2.42. The largest absolute Gasteiger partial charge is 0.478 e. The van der Waals surface area contributed by atoms with Crippen LogP contribution in [0.15, 0.2) is 110 Å². The Morgan fingerprint density at radius 1 is 0.692 bits per heavy atom. The normalized spacial score (nSPS) is 18.7. The number of alkyl halides is 4. The summed E-state index contributed by atoms with van der Waals surface area (Å²) in [6.07, 6.45) is 15.4. The Kier molecular flexibility index (Phi) is 14.5. The SMILES string of the molecule is C#Cc1c(F)ccc2cccc(-c3ncc4c(N5C[C@@H]6[C@H]5CCN6C(=O)/C=C/C(F)F)ncnc4c3F)c12.C#Cc1c(F)ccc2cccc(-c3ncc4c(N5C[C@H]6NCC[C@H]65)ncnc4c3F)c12.O=C(O)/C=C/C(F)F.[3H]P([3H])[3H]. The van der Waals surface area contributed by atoms with E-state index in [9.17, 15) is 35.9 Å². The molecule has 4 aromatic carbocycles. The van der Waals surface area contributed by atoms with Crippen molar-refractivity contribution >= 4 is 76.6 Å². The summed E-state index contributed by atoms with van der Waals surface area (Å²) in [6.45, 7) is 2.64. The number of pyridine rings is 2. The average Bonchev–Trinajstić information content (AvgIpc) is 4.10. The lowest BCUT2D eigenvalue weighted by atomic mass is 9.95. The second kappa shape index (κ2) is 22.5. The molecule has 78 heavy (non-hydrogen) atoms. The van der Waals surface area contributed by atoms with Crippen molar-refractivity contribution in [2.75, 3.05) is 36.0 Å². The van der Waals surface area contributed by atoms with Crippen LogP contribution >= 0.6 is 9.73 Å². The van der Waals surface area contributed by atoms with Crippen molar-refractivity contribution in [1.82, 2.24) is 40.1 Å². The molecule has 0 unspecified atom stereocenters. The molecule has 8 aromatic rings. The first-order valence-electron chi connectivity index (χ1n) is 25.2. The first-order valence-corrected chi connectivity index (χ1v) is 23.9. The molecule has 0 saturated carbocycles. The number of terminal acetylenes is 2. The first kappa shape index (κ1) is 50.2. The van der Waals surface area contributed by atoms with Gasteiger partial charge < -0.3 is 25.1 Å². The zero-order valence-electron chi connectivity index (χ0n) is 43.5. The van der Waals surface area contributed by atoms with Gasteiger partial charge in [0.2, 0.25) is 5.91 Å². The number of anilines is 2. The lowest BCUT2D eigenvalue weighted by molar-refractivity contribution is -0.131. The second-order valence-electron chi connectivity index (χ2n) is 18.1. The molecule has 1 amide bonds. The minimum atomic E-state index is -2.69. The van der Waals surface area contributed by atoms with E-state index in [1.165, 1.54) is 31.0 Å². The molecule has 4 aromatic heterocycles. The van der Waals surface area contributed by atoms with Crippen molar-refractivity contribution in [2.45, 2.75) is 49.9 Å². The fourth-order valence-corrected chi connectivity index (χ4v) is 10.5. The van der Waals surface area contributed by atoms with E-state index in [0.717, 1.165) is 31.0 Å². The molecule has 4 fully saturated rings. The number of rotatable bonds is 8. The van der Waals surface area contributed by atoms with E-state index in [2.05, 4.69) is 52.0 Å². The summed E-state index contributed by atoms with van der Waals surface area (Å²) < 4.78 is 125. The van der Waals surface area contributed by atoms with Gasteiger partial charge in [0.05, 0.1) is 37.8 Å². The van der Waals surface area contributed by atoms with Crippen molar-refractivity contribution < 1.29 is 49.8 Å².